The maximum absolute atomic E-state index is 13.0. The molecule has 0 radical (unpaired) electrons. The Morgan fingerprint density at radius 3 is 2.24 bits per heavy atom. The first-order valence-corrected chi connectivity index (χ1v) is 12.3. The van der Waals surface area contributed by atoms with Crippen LogP contribution in [0.4, 0.5) is 5.69 Å². The van der Waals surface area contributed by atoms with Crippen molar-refractivity contribution in [2.45, 2.75) is 5.75 Å². The standard InChI is InChI=1S/C24H17ClN2O5S2/c25-18-8-10-19(11-9-18)27-23(29)21(22(28)26-24(27)33)14-16-6-12-20(13-7-16)32-34(30,31)15-17-4-2-1-3-5-17/h1-14H,15H2,(H,26,28,33)/b21-14-. The van der Waals surface area contributed by atoms with Crippen LogP contribution in [0.3, 0.4) is 0 Å². The van der Waals surface area contributed by atoms with Gasteiger partial charge in [0.25, 0.3) is 11.8 Å². The summed E-state index contributed by atoms with van der Waals surface area (Å²) in [6.07, 6.45) is 1.39. The molecule has 3 aromatic rings. The molecule has 1 fully saturated rings. The van der Waals surface area contributed by atoms with E-state index >= 15 is 0 Å². The lowest BCUT2D eigenvalue weighted by Crippen LogP contribution is -2.54. The Labute approximate surface area is 206 Å². The Morgan fingerprint density at radius 1 is 0.941 bits per heavy atom. The minimum Gasteiger partial charge on any atom is -0.382 e. The number of nitrogens with zero attached hydrogens (tertiary/aromatic N) is 1. The molecule has 0 aliphatic carbocycles. The molecule has 172 valence electrons. The normalized spacial score (nSPS) is 15.4. The van der Waals surface area contributed by atoms with Gasteiger partial charge in [-0.1, -0.05) is 54.1 Å². The van der Waals surface area contributed by atoms with Crippen LogP contribution in [0.5, 0.6) is 5.75 Å². The molecule has 1 heterocycles. The molecule has 0 saturated carbocycles. The molecule has 1 N–H and O–H groups in total. The fourth-order valence-corrected chi connectivity index (χ4v) is 4.69. The quantitative estimate of drug-likeness (QED) is 0.231. The molecule has 7 nitrogen and oxygen atoms in total. The van der Waals surface area contributed by atoms with Crippen molar-refractivity contribution in [3.8, 4) is 5.75 Å². The highest BCUT2D eigenvalue weighted by Gasteiger charge is 2.34. The smallest absolute Gasteiger partial charge is 0.313 e. The summed E-state index contributed by atoms with van der Waals surface area (Å²) < 4.78 is 29.8. The number of carbonyl (C=O) groups excluding carboxylic acids is 2. The maximum Gasteiger partial charge on any atom is 0.313 e. The summed E-state index contributed by atoms with van der Waals surface area (Å²) >= 11 is 11.1. The molecule has 0 bridgehead atoms. The summed E-state index contributed by atoms with van der Waals surface area (Å²) in [6, 6.07) is 21.1. The van der Waals surface area contributed by atoms with Gasteiger partial charge in [-0.05, 0) is 65.8 Å². The average molecular weight is 513 g/mol. The van der Waals surface area contributed by atoms with Crippen LogP contribution >= 0.6 is 23.8 Å². The average Bonchev–Trinajstić information content (AvgIpc) is 2.79. The van der Waals surface area contributed by atoms with Gasteiger partial charge in [-0.2, -0.15) is 8.42 Å². The van der Waals surface area contributed by atoms with E-state index in [4.69, 9.17) is 28.0 Å². The van der Waals surface area contributed by atoms with Gasteiger partial charge in [0.1, 0.15) is 17.1 Å². The second-order valence-electron chi connectivity index (χ2n) is 7.27. The van der Waals surface area contributed by atoms with Crippen molar-refractivity contribution in [1.82, 2.24) is 5.32 Å². The Morgan fingerprint density at radius 2 is 1.59 bits per heavy atom. The Hall–Kier alpha value is -3.53. The van der Waals surface area contributed by atoms with Crippen LogP contribution < -0.4 is 14.4 Å². The predicted octanol–water partition coefficient (Wildman–Crippen LogP) is 4.08. The molecule has 0 unspecified atom stereocenters. The third-order valence-electron chi connectivity index (χ3n) is 4.79. The zero-order valence-electron chi connectivity index (χ0n) is 17.5. The number of benzene rings is 3. The minimum atomic E-state index is -3.86. The summed E-state index contributed by atoms with van der Waals surface area (Å²) in [5.74, 6) is -1.39. The summed E-state index contributed by atoms with van der Waals surface area (Å²) in [4.78, 5) is 26.7. The van der Waals surface area contributed by atoms with Crippen molar-refractivity contribution in [1.29, 1.82) is 0 Å². The van der Waals surface area contributed by atoms with Crippen LogP contribution in [0, 0.1) is 0 Å². The highest BCUT2D eigenvalue weighted by Crippen LogP contribution is 2.24. The monoisotopic (exact) mass is 512 g/mol. The number of amides is 2. The molecule has 1 saturated heterocycles. The summed E-state index contributed by atoms with van der Waals surface area (Å²) in [6.45, 7) is 0. The van der Waals surface area contributed by atoms with Crippen LogP contribution in [0.1, 0.15) is 11.1 Å². The lowest BCUT2D eigenvalue weighted by Gasteiger charge is -2.28. The van der Waals surface area contributed by atoms with E-state index in [1.165, 1.54) is 23.1 Å². The second kappa shape index (κ2) is 9.76. The SMILES string of the molecule is O=C1NC(=S)N(c2ccc(Cl)cc2)C(=O)/C1=C\c1ccc(OS(=O)(=O)Cc2ccccc2)cc1. The first-order valence-electron chi connectivity index (χ1n) is 9.95. The summed E-state index contributed by atoms with van der Waals surface area (Å²) in [5, 5.41) is 2.95. The van der Waals surface area contributed by atoms with E-state index in [0.717, 1.165) is 0 Å². The van der Waals surface area contributed by atoms with Crippen LogP contribution in [0.2, 0.25) is 5.02 Å². The molecular weight excluding hydrogens is 496 g/mol. The highest BCUT2D eigenvalue weighted by molar-refractivity contribution is 7.86. The molecule has 0 aromatic heterocycles. The number of anilines is 1. The molecule has 4 rings (SSSR count). The van der Waals surface area contributed by atoms with Crippen molar-refractivity contribution < 1.29 is 22.2 Å². The molecular formula is C24H17ClN2O5S2. The Kier molecular flexibility index (Phi) is 6.78. The molecule has 2 amide bonds. The van der Waals surface area contributed by atoms with Gasteiger partial charge in [-0.25, -0.2) is 0 Å². The van der Waals surface area contributed by atoms with E-state index in [1.54, 1.807) is 66.7 Å². The lowest BCUT2D eigenvalue weighted by molar-refractivity contribution is -0.122. The zero-order valence-corrected chi connectivity index (χ0v) is 19.9. The molecule has 1 aliphatic rings. The van der Waals surface area contributed by atoms with Crippen LogP contribution in [0.25, 0.3) is 6.08 Å². The number of halogens is 1. The lowest BCUT2D eigenvalue weighted by atomic mass is 10.1. The van der Waals surface area contributed by atoms with Crippen molar-refractivity contribution in [2.75, 3.05) is 4.90 Å². The second-order valence-corrected chi connectivity index (χ2v) is 9.67. The molecule has 3 aromatic carbocycles. The number of rotatable bonds is 6. The third-order valence-corrected chi connectivity index (χ3v) is 6.46. The zero-order chi connectivity index (χ0) is 24.3. The molecule has 0 atom stereocenters. The first-order chi connectivity index (χ1) is 16.2. The number of carbonyl (C=O) groups is 2. The summed E-state index contributed by atoms with van der Waals surface area (Å²) in [5.41, 5.74) is 1.43. The van der Waals surface area contributed by atoms with Gasteiger partial charge < -0.3 is 4.18 Å². The minimum absolute atomic E-state index is 0.0400. The number of nitrogens with one attached hydrogen (secondary N) is 1. The predicted molar refractivity (Wildman–Crippen MR) is 134 cm³/mol. The van der Waals surface area contributed by atoms with E-state index < -0.39 is 21.9 Å². The van der Waals surface area contributed by atoms with Gasteiger partial charge in [-0.15, -0.1) is 0 Å². The van der Waals surface area contributed by atoms with Gasteiger partial charge in [0, 0.05) is 5.02 Å². The largest absolute Gasteiger partial charge is 0.382 e. The van der Waals surface area contributed by atoms with Crippen molar-refractivity contribution in [2.24, 2.45) is 0 Å². The highest BCUT2D eigenvalue weighted by atomic mass is 35.5. The molecule has 34 heavy (non-hydrogen) atoms. The Bertz CT molecular complexity index is 1390. The van der Waals surface area contributed by atoms with E-state index in [-0.39, 0.29) is 22.2 Å². The first kappa shape index (κ1) is 23.6. The van der Waals surface area contributed by atoms with Gasteiger partial charge in [0.15, 0.2) is 5.11 Å². The third kappa shape index (κ3) is 5.51. The van der Waals surface area contributed by atoms with Crippen LogP contribution in [-0.2, 0) is 25.5 Å². The van der Waals surface area contributed by atoms with Crippen molar-refractivity contribution in [3.05, 3.63) is 101 Å². The number of hydrogen-bond donors (Lipinski definition) is 1. The molecule has 0 spiro atoms. The topological polar surface area (TPSA) is 92.8 Å². The van der Waals surface area contributed by atoms with Gasteiger partial charge in [0.2, 0.25) is 0 Å². The maximum atomic E-state index is 13.0. The van der Waals surface area contributed by atoms with Gasteiger partial charge in [-0.3, -0.25) is 19.8 Å². The van der Waals surface area contributed by atoms with E-state index in [2.05, 4.69) is 5.32 Å². The fraction of sp³-hybridized carbons (Fsp3) is 0.0417. The van der Waals surface area contributed by atoms with E-state index in [1.807, 2.05) is 0 Å². The van der Waals surface area contributed by atoms with Gasteiger partial charge >= 0.3 is 10.1 Å². The van der Waals surface area contributed by atoms with E-state index in [9.17, 15) is 18.0 Å². The van der Waals surface area contributed by atoms with E-state index in [0.29, 0.717) is 21.8 Å². The molecule has 1 aliphatic heterocycles. The number of thiocarbonyl (C=S) groups is 1. The number of hydrogen-bond acceptors (Lipinski definition) is 6. The molecule has 10 heteroatoms. The summed E-state index contributed by atoms with van der Waals surface area (Å²) in [7, 11) is -3.86. The fourth-order valence-electron chi connectivity index (χ4n) is 3.22. The van der Waals surface area contributed by atoms with Crippen molar-refractivity contribution >= 4 is 62.6 Å². The van der Waals surface area contributed by atoms with Crippen molar-refractivity contribution in [3.63, 3.8) is 0 Å². The van der Waals surface area contributed by atoms with Crippen LogP contribution in [-0.4, -0.2) is 25.3 Å². The Balaban J connectivity index is 1.52. The van der Waals surface area contributed by atoms with Crippen LogP contribution in [0.15, 0.2) is 84.4 Å². The van der Waals surface area contributed by atoms with Gasteiger partial charge in [0.05, 0.1) is 5.69 Å².